The van der Waals surface area contributed by atoms with E-state index in [-0.39, 0.29) is 5.54 Å². The van der Waals surface area contributed by atoms with Crippen molar-refractivity contribution in [3.63, 3.8) is 0 Å². The van der Waals surface area contributed by atoms with Gasteiger partial charge in [0.2, 0.25) is 0 Å². The van der Waals surface area contributed by atoms with Gasteiger partial charge in [0, 0.05) is 11.6 Å². The third-order valence-electron chi connectivity index (χ3n) is 9.57. The highest BCUT2D eigenvalue weighted by Gasteiger charge is 2.45. The molecule has 2 unspecified atom stereocenters. The average molecular weight is 473 g/mol. The zero-order chi connectivity index (χ0) is 24.1. The Morgan fingerprint density at radius 2 is 1.09 bits per heavy atom. The number of rotatable bonds is 6. The minimum Gasteiger partial charge on any atom is -0.288 e. The molecule has 2 heteroatoms. The van der Waals surface area contributed by atoms with Gasteiger partial charge in [-0.1, -0.05) is 129 Å². The molecule has 0 N–H and O–H groups in total. The van der Waals surface area contributed by atoms with E-state index in [4.69, 9.17) is 5.10 Å². The van der Waals surface area contributed by atoms with Crippen LogP contribution in [-0.2, 0) is 0 Å². The van der Waals surface area contributed by atoms with Gasteiger partial charge in [-0.2, -0.15) is 5.10 Å². The summed E-state index contributed by atoms with van der Waals surface area (Å²) >= 11 is 0. The average Bonchev–Trinajstić information content (AvgIpc) is 3.19. The lowest BCUT2D eigenvalue weighted by Gasteiger charge is -2.43. The summed E-state index contributed by atoms with van der Waals surface area (Å²) in [7, 11) is 0. The largest absolute Gasteiger partial charge is 0.288 e. The van der Waals surface area contributed by atoms with Gasteiger partial charge in [0.1, 0.15) is 0 Å². The summed E-state index contributed by atoms with van der Waals surface area (Å²) in [6, 6.07) is 0.660. The Morgan fingerprint density at radius 1 is 0.647 bits per heavy atom. The first-order valence-electron chi connectivity index (χ1n) is 16.1. The van der Waals surface area contributed by atoms with Gasteiger partial charge in [0.05, 0.1) is 11.6 Å². The van der Waals surface area contributed by atoms with Crippen LogP contribution in [0.15, 0.2) is 5.10 Å². The summed E-state index contributed by atoms with van der Waals surface area (Å²) in [4.78, 5) is 0. The zero-order valence-electron chi connectivity index (χ0n) is 23.6. The van der Waals surface area contributed by atoms with Crippen LogP contribution in [0.5, 0.6) is 0 Å². The normalized spacial score (nSPS) is 29.1. The maximum absolute atomic E-state index is 5.75. The van der Waals surface area contributed by atoms with Crippen LogP contribution in [0.1, 0.15) is 175 Å². The number of hydrazone groups is 1. The minimum atomic E-state index is 0.267. The molecule has 2 saturated carbocycles. The Morgan fingerprint density at radius 3 is 1.56 bits per heavy atom. The molecule has 2 atom stereocenters. The number of nitrogens with zero attached hydrogens (tertiary/aromatic N) is 2. The molecule has 0 saturated heterocycles. The molecule has 1 aliphatic heterocycles. The molecule has 0 aromatic carbocycles. The van der Waals surface area contributed by atoms with Crippen LogP contribution in [0.25, 0.3) is 0 Å². The van der Waals surface area contributed by atoms with Gasteiger partial charge in [-0.3, -0.25) is 5.01 Å². The molecule has 0 amide bonds. The lowest BCUT2D eigenvalue weighted by molar-refractivity contribution is 0.0351. The quantitative estimate of drug-likeness (QED) is 0.375. The van der Waals surface area contributed by atoms with Crippen LogP contribution < -0.4 is 0 Å². The van der Waals surface area contributed by atoms with Crippen molar-refractivity contribution in [1.29, 1.82) is 0 Å². The summed E-state index contributed by atoms with van der Waals surface area (Å²) in [6.45, 7) is 7.44. The first kappa shape index (κ1) is 28.0. The van der Waals surface area contributed by atoms with Crippen molar-refractivity contribution < 1.29 is 0 Å². The molecule has 3 aliphatic rings. The smallest absolute Gasteiger partial charge is 0.0558 e. The molecule has 2 aliphatic carbocycles. The summed E-state index contributed by atoms with van der Waals surface area (Å²) in [5, 5.41) is 8.53. The van der Waals surface area contributed by atoms with Gasteiger partial charge in [-0.25, -0.2) is 0 Å². The zero-order valence-corrected chi connectivity index (χ0v) is 23.6. The predicted octanol–water partition coefficient (Wildman–Crippen LogP) is 10.4. The highest BCUT2D eigenvalue weighted by molar-refractivity contribution is 5.90. The predicted molar refractivity (Wildman–Crippen MR) is 151 cm³/mol. The molecule has 2 nitrogen and oxygen atoms in total. The third kappa shape index (κ3) is 8.26. The van der Waals surface area contributed by atoms with Crippen LogP contribution >= 0.6 is 0 Å². The molecule has 3 rings (SSSR count). The van der Waals surface area contributed by atoms with E-state index in [9.17, 15) is 0 Å². The van der Waals surface area contributed by atoms with E-state index in [1.54, 1.807) is 5.71 Å². The fraction of sp³-hybridized carbons (Fsp3) is 0.969. The highest BCUT2D eigenvalue weighted by atomic mass is 15.5. The second-order valence-electron chi connectivity index (χ2n) is 12.5. The standard InChI is InChI=1S/C32H60N2/c1-4-22-29-30(23-5-2)34(32(3)26-20-16-12-7-6-8-13-17-21-27-32)33-31(29)28-24-18-14-10-9-11-15-19-25-28/h28-30H,4-27H2,1-3H3. The monoisotopic (exact) mass is 472 g/mol. The molecular weight excluding hydrogens is 412 g/mol. The molecule has 34 heavy (non-hydrogen) atoms. The summed E-state index contributed by atoms with van der Waals surface area (Å²) in [5.41, 5.74) is 1.93. The van der Waals surface area contributed by atoms with E-state index >= 15 is 0 Å². The Balaban J connectivity index is 1.85. The van der Waals surface area contributed by atoms with Crippen LogP contribution in [-0.4, -0.2) is 22.3 Å². The van der Waals surface area contributed by atoms with E-state index in [2.05, 4.69) is 25.8 Å². The van der Waals surface area contributed by atoms with Crippen LogP contribution in [0.2, 0.25) is 0 Å². The molecule has 198 valence electrons. The van der Waals surface area contributed by atoms with E-state index in [1.807, 2.05) is 0 Å². The van der Waals surface area contributed by atoms with E-state index in [0.717, 1.165) is 11.8 Å². The van der Waals surface area contributed by atoms with E-state index < -0.39 is 0 Å². The molecule has 0 aromatic rings. The van der Waals surface area contributed by atoms with Crippen molar-refractivity contribution in [1.82, 2.24) is 5.01 Å². The molecule has 0 spiro atoms. The molecule has 0 radical (unpaired) electrons. The Hall–Kier alpha value is -0.530. The lowest BCUT2D eigenvalue weighted by Crippen LogP contribution is -2.48. The fourth-order valence-electron chi connectivity index (χ4n) is 7.52. The first-order chi connectivity index (χ1) is 16.7. The van der Waals surface area contributed by atoms with E-state index in [0.29, 0.717) is 6.04 Å². The molecule has 1 heterocycles. The molecule has 0 aromatic heterocycles. The summed E-state index contributed by atoms with van der Waals surface area (Å²) in [6.07, 6.45) is 33.9. The van der Waals surface area contributed by atoms with Crippen LogP contribution in [0.4, 0.5) is 0 Å². The topological polar surface area (TPSA) is 15.6 Å². The van der Waals surface area contributed by atoms with Crippen molar-refractivity contribution >= 4 is 5.71 Å². The second-order valence-corrected chi connectivity index (χ2v) is 12.5. The number of hydrogen-bond donors (Lipinski definition) is 0. The van der Waals surface area contributed by atoms with Crippen molar-refractivity contribution in [2.75, 3.05) is 0 Å². The SMILES string of the molecule is CCCC1C(C2CCCCCCCCC2)=NN(C2(C)CCCCCCCCCCC2)C1CCC. The first-order valence-corrected chi connectivity index (χ1v) is 16.1. The Bertz CT molecular complexity index is 545. The molecule has 0 bridgehead atoms. The maximum atomic E-state index is 5.75. The van der Waals surface area contributed by atoms with Crippen molar-refractivity contribution in [2.24, 2.45) is 16.9 Å². The molecular formula is C32H60N2. The second kappa shape index (κ2) is 15.6. The maximum Gasteiger partial charge on any atom is 0.0558 e. The summed E-state index contributed by atoms with van der Waals surface area (Å²) < 4.78 is 0. The van der Waals surface area contributed by atoms with Gasteiger partial charge in [0.25, 0.3) is 0 Å². The molecule has 2 fully saturated rings. The van der Waals surface area contributed by atoms with Gasteiger partial charge < -0.3 is 0 Å². The van der Waals surface area contributed by atoms with Crippen molar-refractivity contribution in [2.45, 2.75) is 186 Å². The van der Waals surface area contributed by atoms with E-state index in [1.165, 1.54) is 154 Å². The number of hydrogen-bond acceptors (Lipinski definition) is 2. The highest BCUT2D eigenvalue weighted by Crippen LogP contribution is 2.42. The van der Waals surface area contributed by atoms with Crippen LogP contribution in [0.3, 0.4) is 0 Å². The van der Waals surface area contributed by atoms with Gasteiger partial charge >= 0.3 is 0 Å². The van der Waals surface area contributed by atoms with Gasteiger partial charge in [-0.05, 0) is 51.4 Å². The summed E-state index contributed by atoms with van der Waals surface area (Å²) in [5.74, 6) is 1.48. The lowest BCUT2D eigenvalue weighted by atomic mass is 9.77. The van der Waals surface area contributed by atoms with Crippen LogP contribution in [0, 0.1) is 11.8 Å². The fourth-order valence-corrected chi connectivity index (χ4v) is 7.52. The minimum absolute atomic E-state index is 0.267. The van der Waals surface area contributed by atoms with Gasteiger partial charge in [-0.15, -0.1) is 0 Å². The Kier molecular flexibility index (Phi) is 12.8. The third-order valence-corrected chi connectivity index (χ3v) is 9.57. The van der Waals surface area contributed by atoms with Crippen molar-refractivity contribution in [3.8, 4) is 0 Å². The van der Waals surface area contributed by atoms with Gasteiger partial charge in [0.15, 0.2) is 0 Å². The Labute approximate surface area is 214 Å². The van der Waals surface area contributed by atoms with Crippen molar-refractivity contribution in [3.05, 3.63) is 0 Å².